The molecule has 0 heterocycles. The van der Waals surface area contributed by atoms with Gasteiger partial charge in [-0.1, -0.05) is 181 Å². The van der Waals surface area contributed by atoms with Gasteiger partial charge in [-0.2, -0.15) is 0 Å². The van der Waals surface area contributed by atoms with E-state index in [2.05, 4.69) is 35.0 Å². The SMILES string of the molecule is CCCCCCCCCCCCCCCCCC(=O)POC(C[N+](C)(C)C)C(=O)CCCCCCCCCCCCCCC. The van der Waals surface area contributed by atoms with E-state index in [-0.39, 0.29) is 20.1 Å². The molecule has 0 saturated heterocycles. The number of quaternary nitrogens is 1. The van der Waals surface area contributed by atoms with Crippen LogP contribution in [0.5, 0.6) is 0 Å². The van der Waals surface area contributed by atoms with Crippen molar-refractivity contribution in [2.24, 2.45) is 0 Å². The lowest BCUT2D eigenvalue weighted by Crippen LogP contribution is -2.44. The van der Waals surface area contributed by atoms with Crippen LogP contribution in [0.1, 0.15) is 206 Å². The molecule has 0 saturated carbocycles. The van der Waals surface area contributed by atoms with Gasteiger partial charge in [-0.15, -0.1) is 0 Å². The Balaban J connectivity index is 3.84. The van der Waals surface area contributed by atoms with E-state index in [1.807, 2.05) is 0 Å². The van der Waals surface area contributed by atoms with E-state index in [0.717, 1.165) is 25.7 Å². The number of likely N-dealkylation sites (N-methyl/N-ethyl adjacent to an activating group) is 1. The summed E-state index contributed by atoms with van der Waals surface area (Å²) in [4.78, 5) is 25.5. The Kier molecular flexibility index (Phi) is 32.4. The number of ketones is 1. The summed E-state index contributed by atoms with van der Waals surface area (Å²) < 4.78 is 6.67. The van der Waals surface area contributed by atoms with Crippen LogP contribution < -0.4 is 0 Å². The zero-order chi connectivity index (χ0) is 32.6. The van der Waals surface area contributed by atoms with Gasteiger partial charge in [-0.25, -0.2) is 0 Å². The van der Waals surface area contributed by atoms with Gasteiger partial charge in [-0.05, 0) is 12.8 Å². The molecule has 0 fully saturated rings. The second-order valence-electron chi connectivity index (χ2n) is 14.8. The molecule has 0 aliphatic carbocycles. The molecule has 0 aromatic carbocycles. The molecule has 4 nitrogen and oxygen atoms in total. The predicted molar refractivity (Wildman–Crippen MR) is 196 cm³/mol. The molecule has 5 heteroatoms. The van der Waals surface area contributed by atoms with Gasteiger partial charge in [-0.3, -0.25) is 9.59 Å². The van der Waals surface area contributed by atoms with Crippen molar-refractivity contribution in [2.75, 3.05) is 27.7 Å². The fraction of sp³-hybridized carbons (Fsp3) is 0.949. The summed E-state index contributed by atoms with van der Waals surface area (Å²) in [5.41, 5.74) is 0.180. The second kappa shape index (κ2) is 32.6. The van der Waals surface area contributed by atoms with E-state index in [1.54, 1.807) is 0 Å². The Hall–Kier alpha value is -0.310. The smallest absolute Gasteiger partial charge is 0.178 e. The molecule has 2 atom stereocenters. The maximum atomic E-state index is 13.0. The zero-order valence-electron chi connectivity index (χ0n) is 30.7. The fourth-order valence-electron chi connectivity index (χ4n) is 6.03. The van der Waals surface area contributed by atoms with Crippen LogP contribution in [-0.4, -0.2) is 49.6 Å². The first-order valence-corrected chi connectivity index (χ1v) is 20.5. The summed E-state index contributed by atoms with van der Waals surface area (Å²) >= 11 is 0. The molecule has 0 amide bonds. The highest BCUT2D eigenvalue weighted by Gasteiger charge is 2.26. The minimum atomic E-state index is -0.448. The minimum Gasteiger partial charge on any atom is -0.338 e. The Labute approximate surface area is 278 Å². The fourth-order valence-corrected chi connectivity index (χ4v) is 6.78. The number of hydrogen-bond donors (Lipinski definition) is 0. The molecule has 0 N–H and O–H groups in total. The number of hydrogen-bond acceptors (Lipinski definition) is 3. The lowest BCUT2D eigenvalue weighted by atomic mass is 10.0. The van der Waals surface area contributed by atoms with Crippen LogP contribution in [-0.2, 0) is 14.1 Å². The number of carbonyl (C=O) groups is 2. The number of unbranched alkanes of at least 4 members (excludes halogenated alkanes) is 26. The third-order valence-electron chi connectivity index (χ3n) is 8.92. The van der Waals surface area contributed by atoms with Gasteiger partial charge in [0.25, 0.3) is 0 Å². The summed E-state index contributed by atoms with van der Waals surface area (Å²) in [6, 6.07) is 0. The van der Waals surface area contributed by atoms with E-state index in [0.29, 0.717) is 23.9 Å². The van der Waals surface area contributed by atoms with Crippen molar-refractivity contribution in [2.45, 2.75) is 213 Å². The second-order valence-corrected chi connectivity index (χ2v) is 15.8. The first kappa shape index (κ1) is 43.7. The highest BCUT2D eigenvalue weighted by atomic mass is 31.1. The van der Waals surface area contributed by atoms with Crippen LogP contribution in [0.15, 0.2) is 0 Å². The summed E-state index contributed by atoms with van der Waals surface area (Å²) in [5.74, 6) is 0.188. The Bertz CT molecular complexity index is 633. The standard InChI is InChI=1S/C39H79NO3P/c1-6-8-10-12-14-16-18-20-21-23-25-27-29-31-33-35-39(42)44-43-38(36-40(3,4)5)37(41)34-32-30-28-26-24-22-19-17-15-13-11-9-7-2/h38,44H,6-36H2,1-5H3/q+1. The molecule has 262 valence electrons. The van der Waals surface area contributed by atoms with Crippen molar-refractivity contribution in [3.8, 4) is 0 Å². The van der Waals surface area contributed by atoms with Crippen molar-refractivity contribution in [1.82, 2.24) is 0 Å². The summed E-state index contributed by atoms with van der Waals surface area (Å²) in [7, 11) is 6.09. The minimum absolute atomic E-state index is 0.180. The van der Waals surface area contributed by atoms with Gasteiger partial charge in [0.15, 0.2) is 17.4 Å². The van der Waals surface area contributed by atoms with Gasteiger partial charge in [0.2, 0.25) is 0 Å². The Morgan fingerprint density at radius 1 is 0.477 bits per heavy atom. The monoisotopic (exact) mass is 641 g/mol. The van der Waals surface area contributed by atoms with E-state index in [9.17, 15) is 9.59 Å². The average molecular weight is 641 g/mol. The van der Waals surface area contributed by atoms with E-state index < -0.39 is 6.10 Å². The number of rotatable bonds is 36. The molecule has 0 aromatic rings. The number of carbonyl (C=O) groups excluding carboxylic acids is 2. The van der Waals surface area contributed by atoms with E-state index >= 15 is 0 Å². The third-order valence-corrected chi connectivity index (χ3v) is 9.80. The third kappa shape index (κ3) is 33.1. The summed E-state index contributed by atoms with van der Waals surface area (Å²) in [6.07, 6.45) is 37.7. The number of nitrogens with zero attached hydrogens (tertiary/aromatic N) is 1. The first-order chi connectivity index (χ1) is 21.3. The Morgan fingerprint density at radius 3 is 1.09 bits per heavy atom. The molecule has 0 spiro atoms. The van der Waals surface area contributed by atoms with Gasteiger partial charge >= 0.3 is 0 Å². The van der Waals surface area contributed by atoms with Crippen molar-refractivity contribution in [3.63, 3.8) is 0 Å². The molecule has 0 rings (SSSR count). The maximum absolute atomic E-state index is 13.0. The molecular formula is C39H79NO3P+. The lowest BCUT2D eigenvalue weighted by molar-refractivity contribution is -0.872. The predicted octanol–water partition coefficient (Wildman–Crippen LogP) is 12.5. The van der Waals surface area contributed by atoms with Crippen LogP contribution in [0, 0.1) is 0 Å². The molecule has 0 aromatic heterocycles. The van der Waals surface area contributed by atoms with Crippen LogP contribution in [0.4, 0.5) is 0 Å². The maximum Gasteiger partial charge on any atom is 0.178 e. The molecule has 0 aliphatic heterocycles. The summed E-state index contributed by atoms with van der Waals surface area (Å²) in [5, 5.41) is 0. The van der Waals surface area contributed by atoms with Gasteiger partial charge in [0.05, 0.1) is 30.0 Å². The molecule has 0 radical (unpaired) electrons. The Morgan fingerprint density at radius 2 is 0.773 bits per heavy atom. The first-order valence-electron chi connectivity index (χ1n) is 19.6. The lowest BCUT2D eigenvalue weighted by Gasteiger charge is -2.28. The highest BCUT2D eigenvalue weighted by molar-refractivity contribution is 7.53. The average Bonchev–Trinajstić information content (AvgIpc) is 2.98. The summed E-state index contributed by atoms with van der Waals surface area (Å²) in [6.45, 7) is 5.19. The van der Waals surface area contributed by atoms with Crippen LogP contribution in [0.2, 0.25) is 0 Å². The van der Waals surface area contributed by atoms with Crippen LogP contribution in [0.25, 0.3) is 0 Å². The van der Waals surface area contributed by atoms with Crippen molar-refractivity contribution in [3.05, 3.63) is 0 Å². The van der Waals surface area contributed by atoms with Crippen molar-refractivity contribution in [1.29, 1.82) is 0 Å². The molecular weight excluding hydrogens is 561 g/mol. The quantitative estimate of drug-likeness (QED) is 0.0389. The zero-order valence-corrected chi connectivity index (χ0v) is 31.7. The topological polar surface area (TPSA) is 43.4 Å². The molecule has 2 unspecified atom stereocenters. The van der Waals surface area contributed by atoms with Gasteiger partial charge in [0, 0.05) is 12.8 Å². The van der Waals surface area contributed by atoms with Crippen LogP contribution in [0.3, 0.4) is 0 Å². The molecule has 0 aliphatic rings. The van der Waals surface area contributed by atoms with E-state index in [4.69, 9.17) is 4.52 Å². The van der Waals surface area contributed by atoms with Gasteiger partial charge in [0.1, 0.15) is 6.54 Å². The highest BCUT2D eigenvalue weighted by Crippen LogP contribution is 2.24. The van der Waals surface area contributed by atoms with E-state index in [1.165, 1.54) is 154 Å². The molecule has 44 heavy (non-hydrogen) atoms. The van der Waals surface area contributed by atoms with Crippen LogP contribution >= 0.6 is 8.81 Å². The van der Waals surface area contributed by atoms with Gasteiger partial charge < -0.3 is 9.01 Å². The number of Topliss-reactive ketones (excluding diaryl/α,β-unsaturated/α-hetero) is 1. The van der Waals surface area contributed by atoms with Crippen molar-refractivity contribution >= 4 is 20.1 Å². The largest absolute Gasteiger partial charge is 0.338 e. The molecule has 0 bridgehead atoms. The normalized spacial score (nSPS) is 12.8. The van der Waals surface area contributed by atoms with Crippen molar-refractivity contribution < 1.29 is 18.6 Å².